The number of aryl methyl sites for hydroxylation is 1. The molecule has 2 rings (SSSR count). The number of amides is 2. The van der Waals surface area contributed by atoms with Crippen molar-refractivity contribution in [3.63, 3.8) is 0 Å². The summed E-state index contributed by atoms with van der Waals surface area (Å²) in [4.78, 5) is 31.0. The summed E-state index contributed by atoms with van der Waals surface area (Å²) in [5.74, 6) is -1.57. The average molecular weight is 406 g/mol. The summed E-state index contributed by atoms with van der Waals surface area (Å²) in [7, 11) is 0. The van der Waals surface area contributed by atoms with Crippen LogP contribution in [0.5, 0.6) is 5.88 Å². The molecule has 0 aliphatic carbocycles. The average Bonchev–Trinajstić information content (AvgIpc) is 2.90. The van der Waals surface area contributed by atoms with Gasteiger partial charge in [-0.3, -0.25) is 14.9 Å². The van der Waals surface area contributed by atoms with Gasteiger partial charge in [0.1, 0.15) is 5.56 Å². The lowest BCUT2D eigenvalue weighted by Gasteiger charge is -2.11. The van der Waals surface area contributed by atoms with Crippen molar-refractivity contribution in [2.45, 2.75) is 17.3 Å². The Kier molecular flexibility index (Phi) is 6.42. The van der Waals surface area contributed by atoms with Crippen LogP contribution >= 0.6 is 23.1 Å². The number of thioether (sulfide) groups is 1. The first-order valence-electron chi connectivity index (χ1n) is 7.00. The summed E-state index contributed by atoms with van der Waals surface area (Å²) in [5, 5.41) is 2.71. The van der Waals surface area contributed by atoms with Crippen LogP contribution in [0.3, 0.4) is 0 Å². The molecule has 2 aromatic heterocycles. The van der Waals surface area contributed by atoms with E-state index in [9.17, 15) is 22.8 Å². The number of thiazole rings is 1. The van der Waals surface area contributed by atoms with E-state index in [2.05, 4.69) is 20.0 Å². The largest absolute Gasteiger partial charge is 0.467 e. The van der Waals surface area contributed by atoms with Gasteiger partial charge in [-0.05, 0) is 19.1 Å². The maximum absolute atomic E-state index is 12.3. The number of nitrogens with two attached hydrogens (primary N) is 1. The van der Waals surface area contributed by atoms with Gasteiger partial charge in [-0.25, -0.2) is 9.97 Å². The number of rotatable bonds is 7. The lowest BCUT2D eigenvalue weighted by molar-refractivity contribution is -0.154. The Labute approximate surface area is 154 Å². The molecule has 0 radical (unpaired) electrons. The Hall–Kier alpha value is -2.34. The van der Waals surface area contributed by atoms with E-state index in [1.807, 2.05) is 0 Å². The monoisotopic (exact) mass is 406 g/mol. The van der Waals surface area contributed by atoms with Crippen molar-refractivity contribution in [2.24, 2.45) is 5.73 Å². The minimum Gasteiger partial charge on any atom is -0.467 e. The summed E-state index contributed by atoms with van der Waals surface area (Å²) in [6.07, 6.45) is -3.33. The van der Waals surface area contributed by atoms with Crippen molar-refractivity contribution in [3.8, 4) is 5.88 Å². The normalized spacial score (nSPS) is 11.2. The minimum absolute atomic E-state index is 0.0639. The Morgan fingerprint density at radius 3 is 2.81 bits per heavy atom. The van der Waals surface area contributed by atoms with Gasteiger partial charge < -0.3 is 10.5 Å². The molecule has 0 spiro atoms. The van der Waals surface area contributed by atoms with E-state index in [0.29, 0.717) is 9.90 Å². The molecule has 0 bridgehead atoms. The van der Waals surface area contributed by atoms with Gasteiger partial charge in [0, 0.05) is 6.20 Å². The smallest absolute Gasteiger partial charge is 0.422 e. The molecule has 0 aliphatic rings. The molecule has 2 aromatic rings. The first-order chi connectivity index (χ1) is 12.2. The van der Waals surface area contributed by atoms with Crippen LogP contribution in [-0.2, 0) is 4.79 Å². The number of aromatic nitrogens is 2. The number of anilines is 1. The molecule has 0 aromatic carbocycles. The SMILES string of the molecule is Cc1nc(NC(=O)c2cccnc2OCC(F)(F)F)sc1SCC(N)=O. The second kappa shape index (κ2) is 8.36. The highest BCUT2D eigenvalue weighted by Gasteiger charge is 2.29. The fourth-order valence-corrected chi connectivity index (χ4v) is 3.57. The molecule has 3 N–H and O–H groups in total. The van der Waals surface area contributed by atoms with Crippen LogP contribution < -0.4 is 15.8 Å². The topological polar surface area (TPSA) is 107 Å². The van der Waals surface area contributed by atoms with Crippen molar-refractivity contribution in [2.75, 3.05) is 17.7 Å². The van der Waals surface area contributed by atoms with Gasteiger partial charge >= 0.3 is 6.18 Å². The third-order valence-electron chi connectivity index (χ3n) is 2.71. The van der Waals surface area contributed by atoms with E-state index in [-0.39, 0.29) is 16.4 Å². The molecule has 0 unspecified atom stereocenters. The maximum atomic E-state index is 12.3. The van der Waals surface area contributed by atoms with E-state index in [1.54, 1.807) is 6.92 Å². The third kappa shape index (κ3) is 5.88. The molecule has 2 heterocycles. The Morgan fingerprint density at radius 1 is 1.42 bits per heavy atom. The van der Waals surface area contributed by atoms with Crippen LogP contribution in [0.15, 0.2) is 22.5 Å². The Bertz CT molecular complexity index is 811. The van der Waals surface area contributed by atoms with E-state index in [0.717, 1.165) is 11.3 Å². The van der Waals surface area contributed by atoms with Gasteiger partial charge in [-0.1, -0.05) is 11.3 Å². The molecule has 26 heavy (non-hydrogen) atoms. The molecule has 0 aliphatic heterocycles. The van der Waals surface area contributed by atoms with E-state index in [4.69, 9.17) is 5.73 Å². The van der Waals surface area contributed by atoms with Gasteiger partial charge in [-0.2, -0.15) is 13.2 Å². The summed E-state index contributed by atoms with van der Waals surface area (Å²) in [6, 6.07) is 2.69. The zero-order valence-corrected chi connectivity index (χ0v) is 14.9. The highest BCUT2D eigenvalue weighted by Crippen LogP contribution is 2.32. The van der Waals surface area contributed by atoms with Crippen molar-refractivity contribution in [1.29, 1.82) is 0 Å². The lowest BCUT2D eigenvalue weighted by atomic mass is 10.2. The van der Waals surface area contributed by atoms with Gasteiger partial charge in [-0.15, -0.1) is 11.8 Å². The van der Waals surface area contributed by atoms with Crippen LogP contribution in [0.25, 0.3) is 0 Å². The van der Waals surface area contributed by atoms with Gasteiger partial charge in [0.05, 0.1) is 15.7 Å². The number of carbonyl (C=O) groups excluding carboxylic acids is 2. The second-order valence-electron chi connectivity index (χ2n) is 4.86. The van der Waals surface area contributed by atoms with E-state index >= 15 is 0 Å². The predicted octanol–water partition coefficient (Wildman–Crippen LogP) is 2.62. The quantitative estimate of drug-likeness (QED) is 0.685. The summed E-state index contributed by atoms with van der Waals surface area (Å²) in [5.41, 5.74) is 5.52. The number of hydrogen-bond acceptors (Lipinski definition) is 7. The van der Waals surface area contributed by atoms with E-state index in [1.165, 1.54) is 30.1 Å². The molecular formula is C14H13F3N4O3S2. The summed E-state index contributed by atoms with van der Waals surface area (Å²) >= 11 is 2.30. The number of hydrogen-bond donors (Lipinski definition) is 2. The van der Waals surface area contributed by atoms with Gasteiger partial charge in [0.2, 0.25) is 11.8 Å². The molecule has 0 fully saturated rings. The standard InChI is InChI=1S/C14H13F3N4O3S2/c1-7-12(25-5-9(18)22)26-13(20-7)21-10(23)8-3-2-4-19-11(8)24-6-14(15,16)17/h2-4H,5-6H2,1H3,(H2,18,22)(H,20,21,23). The number of ether oxygens (including phenoxy) is 1. The molecule has 0 saturated carbocycles. The van der Waals surface area contributed by atoms with E-state index < -0.39 is 30.5 Å². The zero-order valence-electron chi connectivity index (χ0n) is 13.3. The molecule has 0 atom stereocenters. The number of nitrogens with zero attached hydrogens (tertiary/aromatic N) is 2. The first kappa shape index (κ1) is 20.0. The predicted molar refractivity (Wildman–Crippen MR) is 90.5 cm³/mol. The maximum Gasteiger partial charge on any atom is 0.422 e. The van der Waals surface area contributed by atoms with Crippen LogP contribution in [0.1, 0.15) is 16.1 Å². The van der Waals surface area contributed by atoms with Gasteiger partial charge in [0.15, 0.2) is 11.7 Å². The highest BCUT2D eigenvalue weighted by atomic mass is 32.2. The number of primary amides is 1. The second-order valence-corrected chi connectivity index (χ2v) is 7.10. The number of nitrogens with one attached hydrogen (secondary N) is 1. The van der Waals surface area contributed by atoms with Crippen LogP contribution in [0, 0.1) is 6.92 Å². The van der Waals surface area contributed by atoms with Crippen molar-refractivity contribution >= 4 is 40.0 Å². The van der Waals surface area contributed by atoms with Crippen molar-refractivity contribution in [1.82, 2.24) is 9.97 Å². The minimum atomic E-state index is -4.55. The molecular weight excluding hydrogens is 393 g/mol. The lowest BCUT2D eigenvalue weighted by Crippen LogP contribution is -2.21. The number of alkyl halides is 3. The third-order valence-corrected chi connectivity index (χ3v) is 5.17. The molecule has 2 amide bonds. The van der Waals surface area contributed by atoms with Crippen LogP contribution in [0.4, 0.5) is 18.3 Å². The fraction of sp³-hybridized carbons (Fsp3) is 0.286. The first-order valence-corrected chi connectivity index (χ1v) is 8.80. The van der Waals surface area contributed by atoms with Gasteiger partial charge in [0.25, 0.3) is 5.91 Å². The Balaban J connectivity index is 2.11. The number of pyridine rings is 1. The molecule has 0 saturated heterocycles. The molecule has 7 nitrogen and oxygen atoms in total. The molecule has 140 valence electrons. The Morgan fingerprint density at radius 2 is 2.15 bits per heavy atom. The molecule has 12 heteroatoms. The summed E-state index contributed by atoms with van der Waals surface area (Å²) < 4.78 is 42.2. The summed E-state index contributed by atoms with van der Waals surface area (Å²) in [6.45, 7) is 0.131. The van der Waals surface area contributed by atoms with Crippen molar-refractivity contribution in [3.05, 3.63) is 29.6 Å². The van der Waals surface area contributed by atoms with Crippen molar-refractivity contribution < 1.29 is 27.5 Å². The number of halogens is 3. The highest BCUT2D eigenvalue weighted by molar-refractivity contribution is 8.01. The van der Waals surface area contributed by atoms with Crippen LogP contribution in [-0.4, -0.2) is 40.3 Å². The fourth-order valence-electron chi connectivity index (χ4n) is 1.70. The zero-order chi connectivity index (χ0) is 19.3. The van der Waals surface area contributed by atoms with Crippen LogP contribution in [0.2, 0.25) is 0 Å². The number of carbonyl (C=O) groups is 2.